The topological polar surface area (TPSA) is 0 Å². The lowest BCUT2D eigenvalue weighted by atomic mass is 9.80. The van der Waals surface area contributed by atoms with Gasteiger partial charge in [-0.15, -0.1) is 0 Å². The Labute approximate surface area is 230 Å². The highest BCUT2D eigenvalue weighted by atomic mass is 19.4. The first-order valence-electron chi connectivity index (χ1n) is 12.1. The van der Waals surface area contributed by atoms with Gasteiger partial charge in [-0.25, -0.2) is 0 Å². The molecule has 0 nitrogen and oxygen atoms in total. The van der Waals surface area contributed by atoms with Gasteiger partial charge in [-0.3, -0.25) is 0 Å². The third kappa shape index (κ3) is 5.63. The van der Waals surface area contributed by atoms with Crippen molar-refractivity contribution in [1.29, 1.82) is 0 Å². The summed E-state index contributed by atoms with van der Waals surface area (Å²) >= 11 is 0. The molecule has 1 fully saturated rings. The Hall–Kier alpha value is -2.11. The number of halogens is 19. The molecule has 0 heterocycles. The molecule has 0 aliphatic heterocycles. The number of aryl methyl sites for hydroxylation is 1. The van der Waals surface area contributed by atoms with Crippen molar-refractivity contribution >= 4 is 0 Å². The first-order chi connectivity index (χ1) is 18.9. The predicted molar refractivity (Wildman–Crippen MR) is 110 cm³/mol. The second-order valence-electron chi connectivity index (χ2n) is 10.5. The summed E-state index contributed by atoms with van der Waals surface area (Å²) in [6.07, 6.45) is -3.93. The highest BCUT2D eigenvalue weighted by Gasteiger charge is 2.96. The summed E-state index contributed by atoms with van der Waals surface area (Å²) in [7, 11) is 0. The van der Waals surface area contributed by atoms with Crippen molar-refractivity contribution in [2.45, 2.75) is 99.0 Å². The van der Waals surface area contributed by atoms with Crippen LogP contribution in [-0.4, -0.2) is 47.6 Å². The highest BCUT2D eigenvalue weighted by molar-refractivity contribution is 5.30. The van der Waals surface area contributed by atoms with Crippen molar-refractivity contribution in [3.05, 3.63) is 35.4 Å². The van der Waals surface area contributed by atoms with Crippen LogP contribution in [0.3, 0.4) is 0 Å². The maximum absolute atomic E-state index is 14.5. The number of hydrogen-bond donors (Lipinski definition) is 0. The van der Waals surface area contributed by atoms with Crippen molar-refractivity contribution in [3.8, 4) is 0 Å². The van der Waals surface area contributed by atoms with Gasteiger partial charge in [-0.05, 0) is 30.2 Å². The molecule has 1 aromatic rings. The summed E-state index contributed by atoms with van der Waals surface area (Å²) in [4.78, 5) is 0. The molecule has 43 heavy (non-hydrogen) atoms. The molecule has 250 valence electrons. The lowest BCUT2D eigenvalue weighted by Gasteiger charge is -2.43. The Balaban J connectivity index is 2.43. The number of hydrogen-bond acceptors (Lipinski definition) is 0. The lowest BCUT2D eigenvalue weighted by molar-refractivity contribution is -0.469. The van der Waals surface area contributed by atoms with Crippen molar-refractivity contribution in [1.82, 2.24) is 0 Å². The summed E-state index contributed by atoms with van der Waals surface area (Å²) in [6, 6.07) is 1.24. The third-order valence-electron chi connectivity index (χ3n) is 7.41. The fourth-order valence-corrected chi connectivity index (χ4v) is 4.41. The molecule has 2 rings (SSSR count). The smallest absolute Gasteiger partial charge is 0.194 e. The average molecular weight is 670 g/mol. The summed E-state index contributed by atoms with van der Waals surface area (Å²) in [5.41, 5.74) is -2.13. The Morgan fingerprint density at radius 1 is 0.488 bits per heavy atom. The van der Waals surface area contributed by atoms with Crippen LogP contribution in [0.25, 0.3) is 0 Å². The van der Waals surface area contributed by atoms with Crippen LogP contribution in [0.2, 0.25) is 0 Å². The zero-order valence-corrected chi connectivity index (χ0v) is 21.4. The molecule has 0 bridgehead atoms. The standard InChI is InChI=1S/C24H21F19/c1-12-2-4-13(5-3-12)6-7-14-8-10-15(11-9-14)16(25,26)17(27,28)18(29,30)19(31,32)20(33,34)21(35,36)22(37,38)23(39,40)24(41,42)43/h8-13H,2-7H2,1H3/t12-,13-. The van der Waals surface area contributed by atoms with Crippen molar-refractivity contribution in [3.63, 3.8) is 0 Å². The molecule has 1 aromatic carbocycles. The average Bonchev–Trinajstić information content (AvgIpc) is 2.87. The van der Waals surface area contributed by atoms with Gasteiger partial charge in [-0.2, -0.15) is 83.4 Å². The van der Waals surface area contributed by atoms with E-state index in [9.17, 15) is 83.4 Å². The minimum absolute atomic E-state index is 0.0226. The predicted octanol–water partition coefficient (Wildman–Crippen LogP) is 10.5. The van der Waals surface area contributed by atoms with Crippen LogP contribution in [0, 0.1) is 11.8 Å². The molecule has 1 aliphatic carbocycles. The van der Waals surface area contributed by atoms with Crippen molar-refractivity contribution in [2.24, 2.45) is 11.8 Å². The minimum atomic E-state index is -8.91. The normalized spacial score (nSPS) is 20.8. The van der Waals surface area contributed by atoms with E-state index in [2.05, 4.69) is 0 Å². The molecule has 0 spiro atoms. The van der Waals surface area contributed by atoms with Gasteiger partial charge in [0.05, 0.1) is 0 Å². The summed E-state index contributed by atoms with van der Waals surface area (Å²) in [6.45, 7) is 2.01. The molecule has 1 saturated carbocycles. The molecular formula is C24H21F19. The molecule has 0 aromatic heterocycles. The maximum atomic E-state index is 14.5. The van der Waals surface area contributed by atoms with Crippen LogP contribution in [0.15, 0.2) is 24.3 Å². The minimum Gasteiger partial charge on any atom is -0.194 e. The van der Waals surface area contributed by atoms with Crippen LogP contribution in [-0.2, 0) is 12.3 Å². The second-order valence-corrected chi connectivity index (χ2v) is 10.5. The molecule has 19 heteroatoms. The summed E-state index contributed by atoms with van der Waals surface area (Å²) in [5.74, 6) is -65.9. The van der Waals surface area contributed by atoms with Gasteiger partial charge in [0.15, 0.2) is 0 Å². The van der Waals surface area contributed by atoms with E-state index in [1.54, 1.807) is 0 Å². The van der Waals surface area contributed by atoms with Crippen molar-refractivity contribution in [2.75, 3.05) is 0 Å². The quantitative estimate of drug-likeness (QED) is 0.206. The van der Waals surface area contributed by atoms with E-state index in [4.69, 9.17) is 0 Å². The number of alkyl halides is 19. The zero-order valence-electron chi connectivity index (χ0n) is 21.4. The molecule has 0 atom stereocenters. The summed E-state index contributed by atoms with van der Waals surface area (Å²) < 4.78 is 257. The van der Waals surface area contributed by atoms with E-state index in [0.717, 1.165) is 25.7 Å². The maximum Gasteiger partial charge on any atom is 0.460 e. The fourth-order valence-electron chi connectivity index (χ4n) is 4.41. The zero-order chi connectivity index (χ0) is 33.9. The largest absolute Gasteiger partial charge is 0.460 e. The van der Waals surface area contributed by atoms with Crippen LogP contribution in [0.5, 0.6) is 0 Å². The van der Waals surface area contributed by atoms with Crippen LogP contribution in [0.4, 0.5) is 83.4 Å². The number of rotatable bonds is 11. The van der Waals surface area contributed by atoms with Crippen LogP contribution in [0.1, 0.15) is 50.2 Å². The van der Waals surface area contributed by atoms with Crippen LogP contribution < -0.4 is 0 Å². The van der Waals surface area contributed by atoms with Crippen molar-refractivity contribution < 1.29 is 83.4 Å². The van der Waals surface area contributed by atoms with E-state index in [0.29, 0.717) is 24.5 Å². The molecule has 0 amide bonds. The molecule has 0 saturated heterocycles. The number of benzene rings is 1. The van der Waals surface area contributed by atoms with E-state index >= 15 is 0 Å². The first-order valence-corrected chi connectivity index (χ1v) is 12.1. The lowest BCUT2D eigenvalue weighted by Crippen LogP contribution is -2.75. The fraction of sp³-hybridized carbons (Fsp3) is 0.750. The molecule has 0 radical (unpaired) electrons. The molecule has 1 aliphatic rings. The van der Waals surface area contributed by atoms with Gasteiger partial charge in [0.25, 0.3) is 0 Å². The Bertz CT molecular complexity index is 1090. The first kappa shape index (κ1) is 37.1. The Kier molecular flexibility index (Phi) is 9.53. The van der Waals surface area contributed by atoms with E-state index < -0.39 is 59.1 Å². The van der Waals surface area contributed by atoms with Gasteiger partial charge >= 0.3 is 53.6 Å². The van der Waals surface area contributed by atoms with Gasteiger partial charge in [0, 0.05) is 5.56 Å². The monoisotopic (exact) mass is 670 g/mol. The molecule has 0 unspecified atom stereocenters. The Morgan fingerprint density at radius 3 is 1.21 bits per heavy atom. The third-order valence-corrected chi connectivity index (χ3v) is 7.41. The SMILES string of the molecule is C[C@H]1CC[C@H](CCc2ccc(C(F)(F)C(F)(F)C(F)(F)C(F)(F)C(F)(F)C(F)(F)C(F)(F)C(F)(F)C(F)(F)F)cc2)CC1. The highest BCUT2D eigenvalue weighted by Crippen LogP contribution is 2.66. The van der Waals surface area contributed by atoms with Gasteiger partial charge in [0.2, 0.25) is 0 Å². The molecule has 0 N–H and O–H groups in total. The van der Waals surface area contributed by atoms with E-state index in [1.807, 2.05) is 6.92 Å². The van der Waals surface area contributed by atoms with Gasteiger partial charge in [0.1, 0.15) is 0 Å². The van der Waals surface area contributed by atoms with E-state index in [-0.39, 0.29) is 30.0 Å². The van der Waals surface area contributed by atoms with Gasteiger partial charge in [-0.1, -0.05) is 56.9 Å². The Morgan fingerprint density at radius 2 is 0.837 bits per heavy atom. The van der Waals surface area contributed by atoms with Crippen LogP contribution >= 0.6 is 0 Å². The summed E-state index contributed by atoms with van der Waals surface area (Å²) in [5, 5.41) is 0. The second kappa shape index (κ2) is 11.1. The van der Waals surface area contributed by atoms with Gasteiger partial charge < -0.3 is 0 Å². The molecular weight excluding hydrogens is 649 g/mol. The van der Waals surface area contributed by atoms with E-state index in [1.165, 1.54) is 0 Å².